The third-order valence-corrected chi connectivity index (χ3v) is 9.23. The number of aliphatic hydroxyl groups is 2. The number of nitrogens with zero attached hydrogens (tertiary/aromatic N) is 2. The zero-order valence-corrected chi connectivity index (χ0v) is 26.7. The van der Waals surface area contributed by atoms with Crippen LogP contribution in [0, 0.1) is 0 Å². The van der Waals surface area contributed by atoms with E-state index in [1.807, 2.05) is 12.1 Å². The molecule has 0 amide bonds. The summed E-state index contributed by atoms with van der Waals surface area (Å²) in [5, 5.41) is 27.0. The number of ether oxygens (including phenoxy) is 3. The Bertz CT molecular complexity index is 1570. The van der Waals surface area contributed by atoms with Gasteiger partial charge in [-0.3, -0.25) is 18.7 Å². The SMILES string of the molecule is C=C[C@]1(COP(=O)(N[C@@H](C)C(=O)OCc2ccccc2)N[C@@H](C)C(=O)OCc2ccccc2)O[C@@H](n2ccc(N)nc2=O)[C@H](O)[C@@H]1O. The van der Waals surface area contributed by atoms with E-state index >= 15 is 0 Å². The number of anilines is 1. The maximum absolute atomic E-state index is 14.3. The van der Waals surface area contributed by atoms with E-state index in [0.717, 1.165) is 21.8 Å². The minimum Gasteiger partial charge on any atom is -0.460 e. The number of nitrogens with two attached hydrogens (primary N) is 1. The van der Waals surface area contributed by atoms with Gasteiger partial charge in [-0.1, -0.05) is 66.7 Å². The molecule has 3 aromatic rings. The van der Waals surface area contributed by atoms with E-state index in [2.05, 4.69) is 21.7 Å². The quantitative estimate of drug-likeness (QED) is 0.0882. The van der Waals surface area contributed by atoms with Crippen molar-refractivity contribution in [1.29, 1.82) is 0 Å². The Balaban J connectivity index is 1.51. The Hall–Kier alpha value is -4.21. The third-order valence-electron chi connectivity index (χ3n) is 7.28. The highest BCUT2D eigenvalue weighted by atomic mass is 31.2. The van der Waals surface area contributed by atoms with Crippen molar-refractivity contribution in [2.24, 2.45) is 0 Å². The van der Waals surface area contributed by atoms with E-state index in [1.165, 1.54) is 26.1 Å². The first-order valence-electron chi connectivity index (χ1n) is 14.6. The van der Waals surface area contributed by atoms with Crippen molar-refractivity contribution >= 4 is 25.4 Å². The lowest BCUT2D eigenvalue weighted by Crippen LogP contribution is -2.47. The lowest BCUT2D eigenvalue weighted by Gasteiger charge is -2.32. The first-order chi connectivity index (χ1) is 22.4. The van der Waals surface area contributed by atoms with Crippen molar-refractivity contribution in [3.8, 4) is 0 Å². The highest BCUT2D eigenvalue weighted by molar-refractivity contribution is 7.54. The van der Waals surface area contributed by atoms with Crippen LogP contribution in [0.1, 0.15) is 31.2 Å². The number of benzene rings is 2. The summed E-state index contributed by atoms with van der Waals surface area (Å²) < 4.78 is 37.5. The van der Waals surface area contributed by atoms with Crippen LogP contribution in [0.3, 0.4) is 0 Å². The number of nitrogens with one attached hydrogen (secondary N) is 2. The Morgan fingerprint density at radius 2 is 1.53 bits per heavy atom. The second-order valence-electron chi connectivity index (χ2n) is 10.9. The summed E-state index contributed by atoms with van der Waals surface area (Å²) in [4.78, 5) is 41.8. The predicted molar refractivity (Wildman–Crippen MR) is 169 cm³/mol. The number of hydrogen-bond donors (Lipinski definition) is 5. The zero-order valence-electron chi connectivity index (χ0n) is 25.8. The van der Waals surface area contributed by atoms with Gasteiger partial charge in [0.2, 0.25) is 0 Å². The normalized spacial score (nSPS) is 22.3. The first kappa shape index (κ1) is 35.6. The lowest BCUT2D eigenvalue weighted by atomic mass is 9.96. The smallest absolute Gasteiger partial charge is 0.351 e. The predicted octanol–water partition coefficient (Wildman–Crippen LogP) is 1.57. The molecule has 0 bridgehead atoms. The number of esters is 2. The van der Waals surface area contributed by atoms with E-state index in [1.54, 1.807) is 48.5 Å². The molecule has 2 aromatic carbocycles. The van der Waals surface area contributed by atoms with Crippen LogP contribution in [0.4, 0.5) is 5.82 Å². The fourth-order valence-corrected chi connectivity index (χ4v) is 6.46. The van der Waals surface area contributed by atoms with Crippen molar-refractivity contribution in [3.05, 3.63) is 107 Å². The summed E-state index contributed by atoms with van der Waals surface area (Å²) in [7, 11) is -4.41. The fraction of sp³-hybridized carbons (Fsp3) is 0.355. The molecule has 2 heterocycles. The Labute approximate surface area is 270 Å². The van der Waals surface area contributed by atoms with E-state index in [4.69, 9.17) is 24.5 Å². The Morgan fingerprint density at radius 1 is 1.02 bits per heavy atom. The fourth-order valence-electron chi connectivity index (χ4n) is 4.62. The van der Waals surface area contributed by atoms with Crippen LogP contribution in [0.15, 0.2) is 90.4 Å². The molecule has 0 spiro atoms. The highest BCUT2D eigenvalue weighted by Crippen LogP contribution is 2.44. The standard InChI is InChI=1S/C31H38N5O10P/c1-4-31(26(38)25(37)27(46-31)36-16-15-24(32)33-30(36)41)19-45-47(42,34-20(2)28(39)43-17-22-11-7-5-8-12-22)35-21(3)29(40)44-18-23-13-9-6-10-14-23/h4-16,20-21,25-27,37-38H,1,17-19H2,2-3H3,(H2,32,33,41)(H2,34,35,42)/t20-,21-,25+,26-,27+,31+/m0/s1. The maximum Gasteiger partial charge on any atom is 0.351 e. The number of aliphatic hydroxyl groups excluding tert-OH is 2. The van der Waals surface area contributed by atoms with Gasteiger partial charge in [0.25, 0.3) is 0 Å². The van der Waals surface area contributed by atoms with E-state index in [9.17, 15) is 29.2 Å². The van der Waals surface area contributed by atoms with Crippen LogP contribution < -0.4 is 21.6 Å². The molecule has 15 nitrogen and oxygen atoms in total. The second-order valence-corrected chi connectivity index (χ2v) is 12.7. The number of carbonyl (C=O) groups is 2. The van der Waals surface area contributed by atoms with Crippen molar-refractivity contribution < 1.29 is 43.1 Å². The summed E-state index contributed by atoms with van der Waals surface area (Å²) in [6.45, 7) is 5.61. The van der Waals surface area contributed by atoms with Crippen molar-refractivity contribution in [2.45, 2.75) is 63.2 Å². The average Bonchev–Trinajstić information content (AvgIpc) is 3.31. The molecular formula is C31H38N5O10P. The van der Waals surface area contributed by atoms with Gasteiger partial charge in [0, 0.05) is 6.20 Å². The molecule has 0 saturated carbocycles. The summed E-state index contributed by atoms with van der Waals surface area (Å²) in [5.41, 5.74) is 4.23. The topological polar surface area (TPSA) is 214 Å². The molecular weight excluding hydrogens is 633 g/mol. The van der Waals surface area contributed by atoms with Crippen LogP contribution >= 0.6 is 7.67 Å². The number of nitrogen functional groups attached to an aromatic ring is 1. The van der Waals surface area contributed by atoms with Crippen LogP contribution in [-0.2, 0) is 46.1 Å². The Morgan fingerprint density at radius 3 is 2.00 bits per heavy atom. The van der Waals surface area contributed by atoms with Gasteiger partial charge in [-0.25, -0.2) is 15.0 Å². The van der Waals surface area contributed by atoms with Gasteiger partial charge in [0.05, 0.1) is 6.61 Å². The molecule has 6 N–H and O–H groups in total. The summed E-state index contributed by atoms with van der Waals surface area (Å²) >= 11 is 0. The third kappa shape index (κ3) is 8.99. The molecule has 1 saturated heterocycles. The minimum atomic E-state index is -4.41. The van der Waals surface area contributed by atoms with E-state index in [0.29, 0.717) is 0 Å². The monoisotopic (exact) mass is 671 g/mol. The van der Waals surface area contributed by atoms with Crippen LogP contribution in [0.25, 0.3) is 0 Å². The largest absolute Gasteiger partial charge is 0.460 e. The molecule has 252 valence electrons. The van der Waals surface area contributed by atoms with Gasteiger partial charge in [-0.2, -0.15) is 4.98 Å². The van der Waals surface area contributed by atoms with E-state index < -0.39 is 68.0 Å². The molecule has 0 aliphatic carbocycles. The van der Waals surface area contributed by atoms with Crippen LogP contribution in [0.5, 0.6) is 0 Å². The number of carbonyl (C=O) groups excluding carboxylic acids is 2. The molecule has 0 unspecified atom stereocenters. The molecule has 6 atom stereocenters. The number of aromatic nitrogens is 2. The van der Waals surface area contributed by atoms with Crippen LogP contribution in [0.2, 0.25) is 0 Å². The summed E-state index contributed by atoms with van der Waals surface area (Å²) in [6, 6.07) is 16.7. The molecule has 47 heavy (non-hydrogen) atoms. The van der Waals surface area contributed by atoms with Gasteiger partial charge in [0.15, 0.2) is 6.23 Å². The van der Waals surface area contributed by atoms with E-state index in [-0.39, 0.29) is 19.0 Å². The molecule has 1 aromatic heterocycles. The molecule has 16 heteroatoms. The average molecular weight is 672 g/mol. The van der Waals surface area contributed by atoms with Crippen molar-refractivity contribution in [3.63, 3.8) is 0 Å². The molecule has 1 aliphatic rings. The Kier molecular flexibility index (Phi) is 11.8. The minimum absolute atomic E-state index is 0.0509. The summed E-state index contributed by atoms with van der Waals surface area (Å²) in [6.07, 6.45) is -2.52. The van der Waals surface area contributed by atoms with Gasteiger partial charge < -0.3 is 34.7 Å². The zero-order chi connectivity index (χ0) is 34.2. The molecule has 1 fully saturated rings. The van der Waals surface area contributed by atoms with Crippen LogP contribution in [-0.4, -0.2) is 68.2 Å². The van der Waals surface area contributed by atoms with Gasteiger partial charge in [0.1, 0.15) is 48.9 Å². The number of rotatable bonds is 15. The number of hydrogen-bond acceptors (Lipinski definition) is 12. The van der Waals surface area contributed by atoms with Crippen molar-refractivity contribution in [2.75, 3.05) is 12.3 Å². The first-order valence-corrected chi connectivity index (χ1v) is 16.2. The molecule has 1 aliphatic heterocycles. The van der Waals surface area contributed by atoms with Gasteiger partial charge >= 0.3 is 25.3 Å². The molecule has 4 rings (SSSR count). The van der Waals surface area contributed by atoms with Crippen molar-refractivity contribution in [1.82, 2.24) is 19.7 Å². The highest BCUT2D eigenvalue weighted by Gasteiger charge is 2.54. The van der Waals surface area contributed by atoms with Gasteiger partial charge in [-0.15, -0.1) is 6.58 Å². The summed E-state index contributed by atoms with van der Waals surface area (Å²) in [5.74, 6) is -1.62. The maximum atomic E-state index is 14.3. The lowest BCUT2D eigenvalue weighted by molar-refractivity contribution is -0.147. The van der Waals surface area contributed by atoms with Gasteiger partial charge in [-0.05, 0) is 31.0 Å². The second kappa shape index (κ2) is 15.6. The molecule has 0 radical (unpaired) electrons.